The second kappa shape index (κ2) is 10.2. The summed E-state index contributed by atoms with van der Waals surface area (Å²) < 4.78 is 10.6. The van der Waals surface area contributed by atoms with Gasteiger partial charge < -0.3 is 20.1 Å². The maximum Gasteiger partial charge on any atom is 0.191 e. The summed E-state index contributed by atoms with van der Waals surface area (Å²) in [6.45, 7) is 4.26. The zero-order chi connectivity index (χ0) is 17.9. The summed E-state index contributed by atoms with van der Waals surface area (Å²) in [7, 11) is 3.36. The molecule has 0 unspecified atom stereocenters. The smallest absolute Gasteiger partial charge is 0.191 e. The molecular formula is C20H27N3O2. The number of aliphatic imine (C=N–C) groups is 1. The van der Waals surface area contributed by atoms with Crippen molar-refractivity contribution in [3.05, 3.63) is 59.7 Å². The molecule has 0 aromatic heterocycles. The summed E-state index contributed by atoms with van der Waals surface area (Å²) >= 11 is 0. The van der Waals surface area contributed by atoms with Crippen LogP contribution in [0, 0.1) is 0 Å². The maximum absolute atomic E-state index is 5.38. The van der Waals surface area contributed by atoms with Crippen molar-refractivity contribution in [2.45, 2.75) is 19.9 Å². The highest BCUT2D eigenvalue weighted by atomic mass is 16.5. The topological polar surface area (TPSA) is 54.9 Å². The first kappa shape index (κ1) is 18.6. The normalized spacial score (nSPS) is 11.1. The van der Waals surface area contributed by atoms with E-state index in [4.69, 9.17) is 9.47 Å². The van der Waals surface area contributed by atoms with Gasteiger partial charge in [0.25, 0.3) is 0 Å². The van der Waals surface area contributed by atoms with E-state index in [1.807, 2.05) is 36.4 Å². The standard InChI is InChI=1S/C20H27N3O2/c1-4-21-20(23-15-17-7-5-6-8-19(17)25-3)22-14-13-16-9-11-18(24-2)12-10-16/h5-12H,4,13-15H2,1-3H3,(H2,21,22,23). The lowest BCUT2D eigenvalue weighted by atomic mass is 10.1. The van der Waals surface area contributed by atoms with Gasteiger partial charge in [-0.3, -0.25) is 0 Å². The molecule has 2 rings (SSSR count). The Morgan fingerprint density at radius 2 is 1.72 bits per heavy atom. The number of ether oxygens (including phenoxy) is 2. The number of para-hydroxylation sites is 1. The van der Waals surface area contributed by atoms with Crippen LogP contribution in [-0.4, -0.2) is 33.3 Å². The van der Waals surface area contributed by atoms with Crippen molar-refractivity contribution in [1.29, 1.82) is 0 Å². The van der Waals surface area contributed by atoms with Gasteiger partial charge in [0.05, 0.1) is 20.8 Å². The van der Waals surface area contributed by atoms with Crippen molar-refractivity contribution in [3.8, 4) is 11.5 Å². The van der Waals surface area contributed by atoms with E-state index < -0.39 is 0 Å². The Balaban J connectivity index is 1.90. The lowest BCUT2D eigenvalue weighted by Crippen LogP contribution is -2.38. The van der Waals surface area contributed by atoms with Gasteiger partial charge in [-0.15, -0.1) is 0 Å². The maximum atomic E-state index is 5.38. The predicted octanol–water partition coefficient (Wildman–Crippen LogP) is 3.00. The number of nitrogens with one attached hydrogen (secondary N) is 2. The van der Waals surface area contributed by atoms with Crippen LogP contribution in [0.3, 0.4) is 0 Å². The molecule has 0 spiro atoms. The van der Waals surface area contributed by atoms with E-state index in [2.05, 4.69) is 34.7 Å². The van der Waals surface area contributed by atoms with E-state index in [9.17, 15) is 0 Å². The number of methoxy groups -OCH3 is 2. The zero-order valence-corrected chi connectivity index (χ0v) is 15.2. The van der Waals surface area contributed by atoms with E-state index in [0.717, 1.165) is 42.5 Å². The van der Waals surface area contributed by atoms with Crippen LogP contribution in [0.25, 0.3) is 0 Å². The van der Waals surface area contributed by atoms with Crippen LogP contribution >= 0.6 is 0 Å². The minimum absolute atomic E-state index is 0.571. The van der Waals surface area contributed by atoms with Gasteiger partial charge >= 0.3 is 0 Å². The van der Waals surface area contributed by atoms with Crippen molar-refractivity contribution in [1.82, 2.24) is 10.6 Å². The first-order valence-corrected chi connectivity index (χ1v) is 8.53. The number of nitrogens with zero attached hydrogens (tertiary/aromatic N) is 1. The first-order chi connectivity index (χ1) is 12.3. The quantitative estimate of drug-likeness (QED) is 0.572. The van der Waals surface area contributed by atoms with E-state index in [1.54, 1.807) is 14.2 Å². The van der Waals surface area contributed by atoms with E-state index in [0.29, 0.717) is 6.54 Å². The minimum atomic E-state index is 0.571. The van der Waals surface area contributed by atoms with Crippen molar-refractivity contribution in [3.63, 3.8) is 0 Å². The average Bonchev–Trinajstić information content (AvgIpc) is 2.66. The SMILES string of the molecule is CCNC(=NCc1ccccc1OC)NCCc1ccc(OC)cc1. The molecule has 25 heavy (non-hydrogen) atoms. The molecule has 0 amide bonds. The zero-order valence-electron chi connectivity index (χ0n) is 15.2. The first-order valence-electron chi connectivity index (χ1n) is 8.53. The molecule has 2 aromatic carbocycles. The molecule has 5 nitrogen and oxygen atoms in total. The van der Waals surface area contributed by atoms with Gasteiger partial charge in [-0.2, -0.15) is 0 Å². The van der Waals surface area contributed by atoms with Crippen molar-refractivity contribution < 1.29 is 9.47 Å². The lowest BCUT2D eigenvalue weighted by molar-refractivity contribution is 0.410. The summed E-state index contributed by atoms with van der Waals surface area (Å²) in [6, 6.07) is 16.1. The Hall–Kier alpha value is -2.69. The highest BCUT2D eigenvalue weighted by Crippen LogP contribution is 2.17. The van der Waals surface area contributed by atoms with Crippen molar-refractivity contribution in [2.24, 2.45) is 4.99 Å². The molecule has 0 bridgehead atoms. The molecular weight excluding hydrogens is 314 g/mol. The predicted molar refractivity (Wildman–Crippen MR) is 103 cm³/mol. The molecule has 0 radical (unpaired) electrons. The van der Waals surface area contributed by atoms with Crippen LogP contribution in [-0.2, 0) is 13.0 Å². The fraction of sp³-hybridized carbons (Fsp3) is 0.350. The van der Waals surface area contributed by atoms with Gasteiger partial charge in [0, 0.05) is 18.7 Å². The largest absolute Gasteiger partial charge is 0.497 e. The number of rotatable bonds is 8. The molecule has 0 aliphatic rings. The molecule has 5 heteroatoms. The molecule has 0 aliphatic carbocycles. The molecule has 0 saturated heterocycles. The van der Waals surface area contributed by atoms with Crippen LogP contribution in [0.15, 0.2) is 53.5 Å². The van der Waals surface area contributed by atoms with E-state index >= 15 is 0 Å². The summed E-state index contributed by atoms with van der Waals surface area (Å²) in [5, 5.41) is 6.65. The van der Waals surface area contributed by atoms with Gasteiger partial charge in [-0.25, -0.2) is 4.99 Å². The van der Waals surface area contributed by atoms with Gasteiger partial charge in [-0.1, -0.05) is 30.3 Å². The monoisotopic (exact) mass is 341 g/mol. The Bertz CT molecular complexity index is 669. The number of guanidine groups is 1. The Kier molecular flexibility index (Phi) is 7.63. The number of benzene rings is 2. The van der Waals surface area contributed by atoms with E-state index in [-0.39, 0.29) is 0 Å². The van der Waals surface area contributed by atoms with Crippen molar-refractivity contribution in [2.75, 3.05) is 27.3 Å². The fourth-order valence-electron chi connectivity index (χ4n) is 2.46. The molecule has 0 atom stereocenters. The van der Waals surface area contributed by atoms with Gasteiger partial charge in [0.2, 0.25) is 0 Å². The molecule has 0 fully saturated rings. The molecule has 0 aliphatic heterocycles. The second-order valence-corrected chi connectivity index (χ2v) is 5.53. The van der Waals surface area contributed by atoms with Gasteiger partial charge in [0.1, 0.15) is 11.5 Å². The van der Waals surface area contributed by atoms with Crippen LogP contribution in [0.5, 0.6) is 11.5 Å². The third-order valence-corrected chi connectivity index (χ3v) is 3.81. The average molecular weight is 341 g/mol. The summed E-state index contributed by atoms with van der Waals surface area (Å²) in [5.41, 5.74) is 2.33. The van der Waals surface area contributed by atoms with Crippen LogP contribution in [0.4, 0.5) is 0 Å². The van der Waals surface area contributed by atoms with Crippen LogP contribution in [0.2, 0.25) is 0 Å². The fourth-order valence-corrected chi connectivity index (χ4v) is 2.46. The third kappa shape index (κ3) is 6.03. The summed E-state index contributed by atoms with van der Waals surface area (Å²) in [5.74, 6) is 2.55. The highest BCUT2D eigenvalue weighted by molar-refractivity contribution is 5.79. The Morgan fingerprint density at radius 3 is 2.40 bits per heavy atom. The molecule has 134 valence electrons. The summed E-state index contributed by atoms with van der Waals surface area (Å²) in [4.78, 5) is 4.65. The van der Waals surface area contributed by atoms with Crippen LogP contribution < -0.4 is 20.1 Å². The van der Waals surface area contributed by atoms with Gasteiger partial charge in [-0.05, 0) is 37.1 Å². The Labute approximate surface area is 150 Å². The third-order valence-electron chi connectivity index (χ3n) is 3.81. The highest BCUT2D eigenvalue weighted by Gasteiger charge is 2.02. The lowest BCUT2D eigenvalue weighted by Gasteiger charge is -2.12. The molecule has 2 N–H and O–H groups in total. The van der Waals surface area contributed by atoms with Gasteiger partial charge in [0.15, 0.2) is 5.96 Å². The molecule has 0 heterocycles. The number of hydrogen-bond donors (Lipinski definition) is 2. The minimum Gasteiger partial charge on any atom is -0.497 e. The van der Waals surface area contributed by atoms with Crippen molar-refractivity contribution >= 4 is 5.96 Å². The molecule has 2 aromatic rings. The molecule has 0 saturated carbocycles. The Morgan fingerprint density at radius 1 is 0.960 bits per heavy atom. The summed E-state index contributed by atoms with van der Waals surface area (Å²) in [6.07, 6.45) is 0.920. The second-order valence-electron chi connectivity index (χ2n) is 5.53. The van der Waals surface area contributed by atoms with E-state index in [1.165, 1.54) is 5.56 Å². The number of hydrogen-bond acceptors (Lipinski definition) is 3. The van der Waals surface area contributed by atoms with Crippen LogP contribution in [0.1, 0.15) is 18.1 Å².